The summed E-state index contributed by atoms with van der Waals surface area (Å²) < 4.78 is 1.73. The Morgan fingerprint density at radius 2 is 1.90 bits per heavy atom. The lowest BCUT2D eigenvalue weighted by Gasteiger charge is -2.05. The molecule has 0 bridgehead atoms. The van der Waals surface area contributed by atoms with Crippen LogP contribution in [-0.2, 0) is 0 Å². The van der Waals surface area contributed by atoms with Crippen molar-refractivity contribution in [3.05, 3.63) is 60.3 Å². The van der Waals surface area contributed by atoms with Gasteiger partial charge in [0, 0.05) is 16.5 Å². The predicted molar refractivity (Wildman–Crippen MR) is 82.7 cm³/mol. The van der Waals surface area contributed by atoms with Crippen molar-refractivity contribution in [3.8, 4) is 0 Å². The van der Waals surface area contributed by atoms with E-state index in [9.17, 15) is 0 Å². The van der Waals surface area contributed by atoms with Gasteiger partial charge in [-0.2, -0.15) is 9.61 Å². The molecule has 4 aromatic rings. The molecule has 0 aliphatic rings. The summed E-state index contributed by atoms with van der Waals surface area (Å²) in [6.07, 6.45) is 1.83. The summed E-state index contributed by atoms with van der Waals surface area (Å²) >= 11 is 0. The topological polar surface area (TPSA) is 55.1 Å². The zero-order chi connectivity index (χ0) is 14.2. The van der Waals surface area contributed by atoms with Gasteiger partial charge < -0.3 is 5.32 Å². The van der Waals surface area contributed by atoms with E-state index < -0.39 is 0 Å². The quantitative estimate of drug-likeness (QED) is 0.609. The molecule has 5 heteroatoms. The highest BCUT2D eigenvalue weighted by Gasteiger charge is 2.09. The number of rotatable bonds is 2. The van der Waals surface area contributed by atoms with Crippen LogP contribution in [-0.4, -0.2) is 19.8 Å². The van der Waals surface area contributed by atoms with Crippen LogP contribution in [0.4, 0.5) is 11.6 Å². The van der Waals surface area contributed by atoms with E-state index in [1.165, 1.54) is 5.56 Å². The number of anilines is 2. The zero-order valence-electron chi connectivity index (χ0n) is 11.5. The smallest absolute Gasteiger partial charge is 0.250 e. The first kappa shape index (κ1) is 11.8. The van der Waals surface area contributed by atoms with Crippen LogP contribution in [0.15, 0.2) is 54.7 Å². The van der Waals surface area contributed by atoms with Gasteiger partial charge in [0.15, 0.2) is 5.65 Å². The molecule has 0 fully saturated rings. The standard InChI is InChI=1S/C16H13N5/c1-11-5-4-7-13(9-11)18-16-20-19-15-14-8-3-2-6-12(14)10-17-21(15)16/h2-10H,1H3,(H,18,20). The van der Waals surface area contributed by atoms with Crippen molar-refractivity contribution in [2.24, 2.45) is 0 Å². The summed E-state index contributed by atoms with van der Waals surface area (Å²) in [5, 5.41) is 18.2. The molecule has 0 radical (unpaired) electrons. The van der Waals surface area contributed by atoms with Crippen LogP contribution < -0.4 is 5.32 Å². The molecular weight excluding hydrogens is 262 g/mol. The van der Waals surface area contributed by atoms with Gasteiger partial charge in [-0.25, -0.2) is 0 Å². The van der Waals surface area contributed by atoms with E-state index in [2.05, 4.69) is 39.7 Å². The average molecular weight is 275 g/mol. The van der Waals surface area contributed by atoms with Crippen LogP contribution in [0.3, 0.4) is 0 Å². The fraction of sp³-hybridized carbons (Fsp3) is 0.0625. The second kappa shape index (κ2) is 4.56. The Morgan fingerprint density at radius 1 is 1.00 bits per heavy atom. The molecule has 0 amide bonds. The third-order valence-electron chi connectivity index (χ3n) is 3.43. The van der Waals surface area contributed by atoms with E-state index in [4.69, 9.17) is 0 Å². The van der Waals surface area contributed by atoms with Crippen LogP contribution in [0.1, 0.15) is 5.56 Å². The Hall–Kier alpha value is -2.95. The maximum absolute atomic E-state index is 4.42. The number of hydrogen-bond donors (Lipinski definition) is 1. The fourth-order valence-electron chi connectivity index (χ4n) is 2.42. The SMILES string of the molecule is Cc1cccc(Nc2nnc3c4ccccc4cnn23)c1. The third kappa shape index (κ3) is 1.99. The Labute approximate surface area is 121 Å². The van der Waals surface area contributed by atoms with Crippen molar-refractivity contribution in [2.75, 3.05) is 5.32 Å². The number of hydrogen-bond acceptors (Lipinski definition) is 4. The highest BCUT2D eigenvalue weighted by molar-refractivity contribution is 5.93. The first-order valence-electron chi connectivity index (χ1n) is 6.74. The predicted octanol–water partition coefficient (Wildman–Crippen LogP) is 3.33. The van der Waals surface area contributed by atoms with Gasteiger partial charge in [-0.3, -0.25) is 0 Å². The first-order valence-corrected chi connectivity index (χ1v) is 6.74. The van der Waals surface area contributed by atoms with Crippen molar-refractivity contribution in [3.63, 3.8) is 0 Å². The van der Waals surface area contributed by atoms with Crippen molar-refractivity contribution in [1.82, 2.24) is 19.8 Å². The molecule has 0 saturated heterocycles. The summed E-state index contributed by atoms with van der Waals surface area (Å²) in [4.78, 5) is 0. The minimum atomic E-state index is 0.612. The molecular formula is C16H13N5. The highest BCUT2D eigenvalue weighted by Crippen LogP contribution is 2.21. The van der Waals surface area contributed by atoms with E-state index >= 15 is 0 Å². The average Bonchev–Trinajstić information content (AvgIpc) is 2.91. The van der Waals surface area contributed by atoms with E-state index in [0.717, 1.165) is 22.1 Å². The number of fused-ring (bicyclic) bond motifs is 3. The fourth-order valence-corrected chi connectivity index (χ4v) is 2.42. The summed E-state index contributed by atoms with van der Waals surface area (Å²) in [6, 6.07) is 16.1. The van der Waals surface area contributed by atoms with Crippen molar-refractivity contribution >= 4 is 28.1 Å². The summed E-state index contributed by atoms with van der Waals surface area (Å²) in [7, 11) is 0. The van der Waals surface area contributed by atoms with Gasteiger partial charge in [-0.15, -0.1) is 10.2 Å². The molecule has 102 valence electrons. The van der Waals surface area contributed by atoms with Crippen LogP contribution in [0.5, 0.6) is 0 Å². The summed E-state index contributed by atoms with van der Waals surface area (Å²) in [5.41, 5.74) is 2.91. The Kier molecular flexibility index (Phi) is 2.57. The highest BCUT2D eigenvalue weighted by atomic mass is 15.4. The maximum atomic E-state index is 4.42. The number of nitrogens with zero attached hydrogens (tertiary/aromatic N) is 4. The third-order valence-corrected chi connectivity index (χ3v) is 3.43. The van der Waals surface area contributed by atoms with Gasteiger partial charge >= 0.3 is 0 Å². The molecule has 2 heterocycles. The van der Waals surface area contributed by atoms with Gasteiger partial charge in [-0.05, 0) is 24.6 Å². The number of benzene rings is 2. The number of aromatic nitrogens is 4. The second-order valence-corrected chi connectivity index (χ2v) is 4.99. The zero-order valence-corrected chi connectivity index (χ0v) is 11.5. The number of nitrogens with one attached hydrogen (secondary N) is 1. The molecule has 21 heavy (non-hydrogen) atoms. The molecule has 0 aliphatic carbocycles. The molecule has 2 aromatic carbocycles. The Morgan fingerprint density at radius 3 is 2.81 bits per heavy atom. The van der Waals surface area contributed by atoms with Crippen molar-refractivity contribution < 1.29 is 0 Å². The molecule has 5 nitrogen and oxygen atoms in total. The van der Waals surface area contributed by atoms with E-state index in [1.807, 2.05) is 42.6 Å². The van der Waals surface area contributed by atoms with E-state index in [0.29, 0.717) is 5.95 Å². The van der Waals surface area contributed by atoms with Gasteiger partial charge in [0.25, 0.3) is 0 Å². The lowest BCUT2D eigenvalue weighted by atomic mass is 10.2. The lowest BCUT2D eigenvalue weighted by Crippen LogP contribution is -2.00. The molecule has 0 saturated carbocycles. The minimum absolute atomic E-state index is 0.612. The van der Waals surface area contributed by atoms with Gasteiger partial charge in [-0.1, -0.05) is 36.4 Å². The normalized spacial score (nSPS) is 11.1. The van der Waals surface area contributed by atoms with Crippen LogP contribution >= 0.6 is 0 Å². The van der Waals surface area contributed by atoms with Gasteiger partial charge in [0.2, 0.25) is 5.95 Å². The van der Waals surface area contributed by atoms with Gasteiger partial charge in [0.05, 0.1) is 6.20 Å². The van der Waals surface area contributed by atoms with E-state index in [-0.39, 0.29) is 0 Å². The van der Waals surface area contributed by atoms with Crippen LogP contribution in [0.2, 0.25) is 0 Å². The molecule has 2 aromatic heterocycles. The van der Waals surface area contributed by atoms with Gasteiger partial charge in [0.1, 0.15) is 0 Å². The minimum Gasteiger partial charge on any atom is -0.323 e. The Balaban J connectivity index is 1.85. The second-order valence-electron chi connectivity index (χ2n) is 4.99. The monoisotopic (exact) mass is 275 g/mol. The number of aryl methyl sites for hydroxylation is 1. The van der Waals surface area contributed by atoms with Crippen LogP contribution in [0.25, 0.3) is 16.4 Å². The maximum Gasteiger partial charge on any atom is 0.250 e. The lowest BCUT2D eigenvalue weighted by molar-refractivity contribution is 0.945. The summed E-state index contributed by atoms with van der Waals surface area (Å²) in [6.45, 7) is 2.05. The largest absolute Gasteiger partial charge is 0.323 e. The molecule has 1 N–H and O–H groups in total. The Bertz CT molecular complexity index is 942. The summed E-state index contributed by atoms with van der Waals surface area (Å²) in [5.74, 6) is 0.612. The molecule has 0 aliphatic heterocycles. The van der Waals surface area contributed by atoms with Crippen molar-refractivity contribution in [2.45, 2.75) is 6.92 Å². The molecule has 0 spiro atoms. The van der Waals surface area contributed by atoms with Crippen molar-refractivity contribution in [1.29, 1.82) is 0 Å². The molecule has 4 rings (SSSR count). The molecule has 0 unspecified atom stereocenters. The first-order chi connectivity index (χ1) is 10.3. The van der Waals surface area contributed by atoms with Crippen LogP contribution in [0, 0.1) is 6.92 Å². The van der Waals surface area contributed by atoms with E-state index in [1.54, 1.807) is 4.52 Å². The molecule has 0 atom stereocenters.